The van der Waals surface area contributed by atoms with Gasteiger partial charge >= 0.3 is 6.03 Å². The van der Waals surface area contributed by atoms with Gasteiger partial charge in [-0.3, -0.25) is 15.0 Å². The van der Waals surface area contributed by atoms with Crippen molar-refractivity contribution in [3.05, 3.63) is 12.7 Å². The van der Waals surface area contributed by atoms with Gasteiger partial charge in [0.05, 0.1) is 18.4 Å². The van der Waals surface area contributed by atoms with Crippen molar-refractivity contribution in [1.82, 2.24) is 36.0 Å². The highest BCUT2D eigenvalue weighted by Crippen LogP contribution is 2.45. The summed E-state index contributed by atoms with van der Waals surface area (Å²) in [6.07, 6.45) is 4.61. The smallest absolute Gasteiger partial charge is 0.320 e. The molecule has 0 spiro atoms. The SMILES string of the molecule is C=CC(=O)N1CCN(C2NC(=O)N3C4NC(C(F)CC42)C2C(F)CCCC2NCCCC2CCNC(C(C)C)C23)[C@@H]2C[C@@H]21. The summed E-state index contributed by atoms with van der Waals surface area (Å²) in [5, 5.41) is 14.5. The fourth-order valence-electron chi connectivity index (χ4n) is 10.0. The van der Waals surface area contributed by atoms with Gasteiger partial charge < -0.3 is 25.8 Å². The maximum Gasteiger partial charge on any atom is 0.320 e. The molecule has 0 aromatic rings. The normalized spacial score (nSPS) is 46.8. The monoisotopic (exact) mass is 603 g/mol. The van der Waals surface area contributed by atoms with Crippen LogP contribution >= 0.6 is 0 Å². The van der Waals surface area contributed by atoms with Gasteiger partial charge in [0.15, 0.2) is 0 Å². The number of carbonyl (C=O) groups excluding carboxylic acids is 2. The van der Waals surface area contributed by atoms with Crippen molar-refractivity contribution < 1.29 is 18.4 Å². The highest BCUT2D eigenvalue weighted by molar-refractivity contribution is 5.87. The molecule has 4 N–H and O–H groups in total. The van der Waals surface area contributed by atoms with Crippen LogP contribution in [0.4, 0.5) is 13.6 Å². The van der Waals surface area contributed by atoms with Gasteiger partial charge in [0.25, 0.3) is 0 Å². The average Bonchev–Trinajstić information content (AvgIpc) is 3.79. The lowest BCUT2D eigenvalue weighted by Crippen LogP contribution is -2.79. The van der Waals surface area contributed by atoms with Gasteiger partial charge in [-0.1, -0.05) is 20.4 Å². The van der Waals surface area contributed by atoms with Crippen LogP contribution < -0.4 is 21.3 Å². The van der Waals surface area contributed by atoms with Gasteiger partial charge in [-0.15, -0.1) is 0 Å². The van der Waals surface area contributed by atoms with Crippen LogP contribution in [0.3, 0.4) is 0 Å². The van der Waals surface area contributed by atoms with Crippen LogP contribution in [0.2, 0.25) is 0 Å². The number of nitrogens with one attached hydrogen (secondary N) is 4. The first-order valence-electron chi connectivity index (χ1n) is 17.1. The van der Waals surface area contributed by atoms with Gasteiger partial charge in [0, 0.05) is 55.1 Å². The molecule has 0 aromatic heterocycles. The molecule has 11 unspecified atom stereocenters. The van der Waals surface area contributed by atoms with E-state index in [1.54, 1.807) is 0 Å². The van der Waals surface area contributed by atoms with Crippen molar-refractivity contribution in [2.45, 2.75) is 126 Å². The van der Waals surface area contributed by atoms with Crippen LogP contribution in [0.25, 0.3) is 0 Å². The Hall–Kier alpha value is -1.82. The van der Waals surface area contributed by atoms with Gasteiger partial charge in [-0.2, -0.15) is 0 Å². The number of alkyl halides is 2. The third-order valence-corrected chi connectivity index (χ3v) is 12.1. The largest absolute Gasteiger partial charge is 0.333 e. The number of fused-ring (bicyclic) bond motifs is 6. The predicted octanol–water partition coefficient (Wildman–Crippen LogP) is 2.34. The van der Waals surface area contributed by atoms with Crippen molar-refractivity contribution in [2.24, 2.45) is 23.7 Å². The first-order chi connectivity index (χ1) is 20.8. The molecule has 5 heterocycles. The van der Waals surface area contributed by atoms with Crippen molar-refractivity contribution in [1.29, 1.82) is 0 Å². The minimum atomic E-state index is -1.21. The van der Waals surface area contributed by atoms with Gasteiger partial charge in [0.2, 0.25) is 5.91 Å². The number of nitrogens with zero attached hydrogens (tertiary/aromatic N) is 3. The Bertz CT molecular complexity index is 1080. The summed E-state index contributed by atoms with van der Waals surface area (Å²) in [6.45, 7) is 11.0. The first-order valence-corrected chi connectivity index (χ1v) is 17.1. The second-order valence-corrected chi connectivity index (χ2v) is 14.7. The van der Waals surface area contributed by atoms with Crippen molar-refractivity contribution in [3.63, 3.8) is 0 Å². The molecule has 9 nitrogen and oxygen atoms in total. The van der Waals surface area contributed by atoms with E-state index in [1.165, 1.54) is 6.08 Å². The number of piperidine rings is 2. The zero-order chi connectivity index (χ0) is 30.0. The molecule has 2 aliphatic carbocycles. The number of amides is 3. The Morgan fingerprint density at radius 1 is 0.977 bits per heavy atom. The number of hydrogen-bond acceptors (Lipinski definition) is 6. The number of carbonyl (C=O) groups is 2. The minimum Gasteiger partial charge on any atom is -0.333 e. The molecular weight excluding hydrogens is 552 g/mol. The molecule has 240 valence electrons. The topological polar surface area (TPSA) is 92.0 Å². The Kier molecular flexibility index (Phi) is 8.22. The predicted molar refractivity (Wildman–Crippen MR) is 160 cm³/mol. The van der Waals surface area contributed by atoms with E-state index >= 15 is 8.78 Å². The number of halogens is 2. The molecule has 43 heavy (non-hydrogen) atoms. The molecule has 2 bridgehead atoms. The lowest BCUT2D eigenvalue weighted by Gasteiger charge is -2.60. The van der Waals surface area contributed by atoms with E-state index in [4.69, 9.17) is 0 Å². The third kappa shape index (κ3) is 5.20. The maximum atomic E-state index is 16.5. The number of rotatable bonds is 3. The molecule has 5 saturated heterocycles. The summed E-state index contributed by atoms with van der Waals surface area (Å²) in [5.41, 5.74) is 0. The molecule has 7 fully saturated rings. The Morgan fingerprint density at radius 3 is 2.60 bits per heavy atom. The zero-order valence-corrected chi connectivity index (χ0v) is 25.8. The van der Waals surface area contributed by atoms with Crippen molar-refractivity contribution >= 4 is 11.9 Å². The van der Waals surface area contributed by atoms with E-state index in [1.807, 2.05) is 9.80 Å². The van der Waals surface area contributed by atoms with E-state index in [0.29, 0.717) is 31.3 Å². The number of piperazine rings is 1. The third-order valence-electron chi connectivity index (χ3n) is 12.1. The molecule has 5 aliphatic heterocycles. The summed E-state index contributed by atoms with van der Waals surface area (Å²) in [4.78, 5) is 33.1. The van der Waals surface area contributed by atoms with Crippen LogP contribution in [0.15, 0.2) is 12.7 Å². The number of urea groups is 1. The van der Waals surface area contributed by atoms with Crippen LogP contribution in [0.1, 0.15) is 65.2 Å². The van der Waals surface area contributed by atoms with Gasteiger partial charge in [-0.05, 0) is 82.4 Å². The van der Waals surface area contributed by atoms with Crippen molar-refractivity contribution in [3.8, 4) is 0 Å². The average molecular weight is 604 g/mol. The summed E-state index contributed by atoms with van der Waals surface area (Å²) in [5.74, 6) is -0.0614. The van der Waals surface area contributed by atoms with Crippen molar-refractivity contribution in [2.75, 3.05) is 26.2 Å². The Morgan fingerprint density at radius 2 is 1.81 bits per heavy atom. The Balaban J connectivity index is 1.25. The fraction of sp³-hybridized carbons (Fsp3) is 0.875. The molecule has 0 radical (unpaired) electrons. The van der Waals surface area contributed by atoms with Gasteiger partial charge in [0.1, 0.15) is 12.3 Å². The van der Waals surface area contributed by atoms with Crippen LogP contribution in [0.5, 0.6) is 0 Å². The van der Waals surface area contributed by atoms with E-state index in [-0.39, 0.29) is 66.8 Å². The van der Waals surface area contributed by atoms with Crippen LogP contribution in [0, 0.1) is 23.7 Å². The minimum absolute atomic E-state index is 0.0370. The van der Waals surface area contributed by atoms with E-state index in [0.717, 1.165) is 51.6 Å². The number of hydrogen-bond donors (Lipinski definition) is 4. The van der Waals surface area contributed by atoms with Gasteiger partial charge in [-0.25, -0.2) is 13.6 Å². The molecule has 3 amide bonds. The summed E-state index contributed by atoms with van der Waals surface area (Å²) in [7, 11) is 0. The fourth-order valence-corrected chi connectivity index (χ4v) is 10.0. The molecule has 11 heteroatoms. The molecule has 13 atom stereocenters. The standard InChI is InChI=1S/C32H51F2N7O2/c1-4-25(42)39-13-14-40(24-16-23(24)39)30-19-15-21(34)28-26-20(33)8-5-9-22(26)35-11-6-7-18-10-12-36-27(17(2)3)29(18)41(31(19)37-28)32(43)38-30/h4,17-24,26-31,35-37H,1,5-16H2,2-3H3,(H,38,43)/t18?,19?,20?,21?,22?,23-,24+,26?,27?,28?,29?,30?,31?/m0/s1. The highest BCUT2D eigenvalue weighted by atomic mass is 19.1. The first kappa shape index (κ1) is 29.9. The molecule has 7 aliphatic rings. The molecule has 2 saturated carbocycles. The Labute approximate surface area is 254 Å². The highest BCUT2D eigenvalue weighted by Gasteiger charge is 2.60. The van der Waals surface area contributed by atoms with Crippen LogP contribution in [-0.4, -0.2) is 114 Å². The van der Waals surface area contributed by atoms with Crippen LogP contribution in [-0.2, 0) is 4.79 Å². The summed E-state index contributed by atoms with van der Waals surface area (Å²) < 4.78 is 32.3. The van der Waals surface area contributed by atoms with E-state index in [2.05, 4.69) is 46.6 Å². The second kappa shape index (κ2) is 11.8. The van der Waals surface area contributed by atoms with E-state index in [9.17, 15) is 9.59 Å². The molecule has 0 aromatic carbocycles. The zero-order valence-electron chi connectivity index (χ0n) is 25.8. The lowest BCUT2D eigenvalue weighted by molar-refractivity contribution is -0.130. The summed E-state index contributed by atoms with van der Waals surface area (Å²) >= 11 is 0. The second-order valence-electron chi connectivity index (χ2n) is 14.7. The van der Waals surface area contributed by atoms with E-state index < -0.39 is 24.3 Å². The molecular formula is C32H51F2N7O2. The summed E-state index contributed by atoms with van der Waals surface area (Å²) in [6, 6.07) is -0.477. The molecule has 7 rings (SSSR count). The quantitative estimate of drug-likeness (QED) is 0.371. The maximum absolute atomic E-state index is 16.5. The lowest BCUT2D eigenvalue weighted by atomic mass is 9.71.